The summed E-state index contributed by atoms with van der Waals surface area (Å²) in [5.41, 5.74) is 1.32. The highest BCUT2D eigenvalue weighted by atomic mass is 16.5. The molecular weight excluding hydrogens is 362 g/mol. The number of methoxy groups -OCH3 is 2. The van der Waals surface area contributed by atoms with Crippen molar-refractivity contribution in [1.82, 2.24) is 4.90 Å². The summed E-state index contributed by atoms with van der Waals surface area (Å²) in [5, 5.41) is 8.76. The summed E-state index contributed by atoms with van der Waals surface area (Å²) in [6.07, 6.45) is 1.90. The fourth-order valence-corrected chi connectivity index (χ4v) is 2.97. The van der Waals surface area contributed by atoms with Crippen molar-refractivity contribution >= 4 is 11.9 Å². The van der Waals surface area contributed by atoms with E-state index in [0.29, 0.717) is 29.4 Å². The van der Waals surface area contributed by atoms with Crippen molar-refractivity contribution in [2.45, 2.75) is 25.4 Å². The van der Waals surface area contributed by atoms with Crippen molar-refractivity contribution < 1.29 is 28.9 Å². The van der Waals surface area contributed by atoms with Crippen LogP contribution in [0.2, 0.25) is 0 Å². The Labute approximate surface area is 163 Å². The van der Waals surface area contributed by atoms with E-state index in [9.17, 15) is 9.59 Å². The van der Waals surface area contributed by atoms with E-state index in [0.717, 1.165) is 18.4 Å². The predicted octanol–water partition coefficient (Wildman–Crippen LogP) is 2.97. The minimum atomic E-state index is -1.07. The van der Waals surface area contributed by atoms with Gasteiger partial charge in [0.05, 0.1) is 20.8 Å². The first-order chi connectivity index (χ1) is 13.5. The van der Waals surface area contributed by atoms with Crippen LogP contribution in [0.5, 0.6) is 17.2 Å². The summed E-state index contributed by atoms with van der Waals surface area (Å²) in [6, 6.07) is 12.3. The molecule has 0 saturated heterocycles. The summed E-state index contributed by atoms with van der Waals surface area (Å²) in [5.74, 6) is 0.540. The number of carboxylic acids is 1. The van der Waals surface area contributed by atoms with Crippen LogP contribution in [0.3, 0.4) is 0 Å². The van der Waals surface area contributed by atoms with Gasteiger partial charge in [0.1, 0.15) is 17.2 Å². The molecule has 1 aliphatic rings. The Morgan fingerprint density at radius 1 is 1.07 bits per heavy atom. The highest BCUT2D eigenvalue weighted by molar-refractivity contribution is 5.95. The lowest BCUT2D eigenvalue weighted by Gasteiger charge is -2.24. The fraction of sp³-hybridized carbons (Fsp3) is 0.333. The Hall–Kier alpha value is -3.22. The number of hydrogen-bond donors (Lipinski definition) is 1. The average Bonchev–Trinajstić information content (AvgIpc) is 3.55. The van der Waals surface area contributed by atoms with E-state index >= 15 is 0 Å². The number of rotatable bonds is 9. The molecule has 1 amide bonds. The van der Waals surface area contributed by atoms with Crippen LogP contribution < -0.4 is 14.2 Å². The smallest absolute Gasteiger partial charge is 0.341 e. The molecule has 2 aromatic rings. The Balaban J connectivity index is 1.82. The molecule has 7 nitrogen and oxygen atoms in total. The maximum atomic E-state index is 13.2. The minimum Gasteiger partial charge on any atom is -0.497 e. The minimum absolute atomic E-state index is 0.131. The number of carboxylic acid groups (broad SMARTS) is 1. The summed E-state index contributed by atoms with van der Waals surface area (Å²) < 4.78 is 15.9. The third kappa shape index (κ3) is 4.73. The largest absolute Gasteiger partial charge is 0.497 e. The zero-order valence-corrected chi connectivity index (χ0v) is 15.9. The van der Waals surface area contributed by atoms with E-state index < -0.39 is 12.6 Å². The maximum absolute atomic E-state index is 13.2. The molecule has 0 aromatic heterocycles. The third-order valence-electron chi connectivity index (χ3n) is 4.52. The normalized spacial score (nSPS) is 12.9. The molecule has 2 aromatic carbocycles. The lowest BCUT2D eigenvalue weighted by molar-refractivity contribution is -0.139. The lowest BCUT2D eigenvalue weighted by Crippen LogP contribution is -2.32. The number of benzene rings is 2. The van der Waals surface area contributed by atoms with Gasteiger partial charge in [0.15, 0.2) is 6.61 Å². The van der Waals surface area contributed by atoms with Crippen LogP contribution >= 0.6 is 0 Å². The molecule has 0 spiro atoms. The molecule has 1 fully saturated rings. The van der Waals surface area contributed by atoms with Crippen LogP contribution in [-0.4, -0.2) is 48.8 Å². The van der Waals surface area contributed by atoms with Gasteiger partial charge in [0, 0.05) is 17.2 Å². The molecule has 0 bridgehead atoms. The van der Waals surface area contributed by atoms with Crippen molar-refractivity contribution in [2.75, 3.05) is 20.8 Å². The highest BCUT2D eigenvalue weighted by Gasteiger charge is 2.33. The second-order valence-electron chi connectivity index (χ2n) is 6.55. The van der Waals surface area contributed by atoms with Gasteiger partial charge in [-0.05, 0) is 49.2 Å². The summed E-state index contributed by atoms with van der Waals surface area (Å²) in [6.45, 7) is -0.0604. The highest BCUT2D eigenvalue weighted by Crippen LogP contribution is 2.33. The molecule has 0 aliphatic heterocycles. The van der Waals surface area contributed by atoms with E-state index in [-0.39, 0.29) is 11.9 Å². The van der Waals surface area contributed by atoms with Crippen LogP contribution in [0.4, 0.5) is 0 Å². The zero-order valence-electron chi connectivity index (χ0n) is 15.9. The van der Waals surface area contributed by atoms with Crippen molar-refractivity contribution in [3.05, 3.63) is 53.6 Å². The number of nitrogens with zero attached hydrogens (tertiary/aromatic N) is 1. The molecule has 7 heteroatoms. The van der Waals surface area contributed by atoms with Gasteiger partial charge in [-0.1, -0.05) is 6.07 Å². The molecule has 0 atom stereocenters. The zero-order chi connectivity index (χ0) is 20.1. The van der Waals surface area contributed by atoms with Gasteiger partial charge in [-0.25, -0.2) is 4.79 Å². The Kier molecular flexibility index (Phi) is 6.03. The van der Waals surface area contributed by atoms with Gasteiger partial charge < -0.3 is 24.2 Å². The number of hydrogen-bond acceptors (Lipinski definition) is 5. The van der Waals surface area contributed by atoms with E-state index in [2.05, 4.69) is 0 Å². The molecule has 1 N–H and O–H groups in total. The number of aliphatic carboxylic acids is 1. The Morgan fingerprint density at radius 3 is 2.50 bits per heavy atom. The molecule has 148 valence electrons. The topological polar surface area (TPSA) is 85.3 Å². The molecule has 1 aliphatic carbocycles. The van der Waals surface area contributed by atoms with Gasteiger partial charge in [0.2, 0.25) is 0 Å². The average molecular weight is 385 g/mol. The first-order valence-corrected chi connectivity index (χ1v) is 8.98. The van der Waals surface area contributed by atoms with Crippen LogP contribution in [0.1, 0.15) is 28.8 Å². The van der Waals surface area contributed by atoms with E-state index in [1.165, 1.54) is 0 Å². The van der Waals surface area contributed by atoms with E-state index in [4.69, 9.17) is 19.3 Å². The standard InChI is InChI=1S/C21H23NO6/c1-26-17-8-9-19(27-2)15(11-17)12-22(16-6-7-16)21(25)14-4-3-5-18(10-14)28-13-20(23)24/h3-5,8-11,16H,6-7,12-13H2,1-2H3,(H,23,24). The van der Waals surface area contributed by atoms with Crippen LogP contribution in [0, 0.1) is 0 Å². The maximum Gasteiger partial charge on any atom is 0.341 e. The van der Waals surface area contributed by atoms with Gasteiger partial charge in [-0.2, -0.15) is 0 Å². The quantitative estimate of drug-likeness (QED) is 0.714. The first kappa shape index (κ1) is 19.5. The second kappa shape index (κ2) is 8.65. The number of amides is 1. The summed E-state index contributed by atoms with van der Waals surface area (Å²) in [4.78, 5) is 25.7. The molecule has 1 saturated carbocycles. The fourth-order valence-electron chi connectivity index (χ4n) is 2.97. The van der Waals surface area contributed by atoms with Crippen molar-refractivity contribution in [1.29, 1.82) is 0 Å². The SMILES string of the molecule is COc1ccc(OC)c(CN(C(=O)c2cccc(OCC(=O)O)c2)C2CC2)c1. The van der Waals surface area contributed by atoms with Gasteiger partial charge in [0.25, 0.3) is 5.91 Å². The monoisotopic (exact) mass is 385 g/mol. The van der Waals surface area contributed by atoms with Crippen molar-refractivity contribution in [3.63, 3.8) is 0 Å². The van der Waals surface area contributed by atoms with Crippen LogP contribution in [0.25, 0.3) is 0 Å². The van der Waals surface area contributed by atoms with Crippen LogP contribution in [-0.2, 0) is 11.3 Å². The number of carbonyl (C=O) groups is 2. The molecule has 0 unspecified atom stereocenters. The van der Waals surface area contributed by atoms with E-state index in [1.807, 2.05) is 23.1 Å². The summed E-state index contributed by atoms with van der Waals surface area (Å²) >= 11 is 0. The van der Waals surface area contributed by atoms with E-state index in [1.54, 1.807) is 38.5 Å². The van der Waals surface area contributed by atoms with Gasteiger partial charge in [-0.15, -0.1) is 0 Å². The van der Waals surface area contributed by atoms with Gasteiger partial charge in [-0.3, -0.25) is 4.79 Å². The summed E-state index contributed by atoms with van der Waals surface area (Å²) in [7, 11) is 3.19. The lowest BCUT2D eigenvalue weighted by atomic mass is 10.1. The molecule has 28 heavy (non-hydrogen) atoms. The molecule has 0 heterocycles. The molecule has 0 radical (unpaired) electrons. The Morgan fingerprint density at radius 2 is 1.86 bits per heavy atom. The molecule has 3 rings (SSSR count). The third-order valence-corrected chi connectivity index (χ3v) is 4.52. The number of ether oxygens (including phenoxy) is 3. The van der Waals surface area contributed by atoms with Crippen LogP contribution in [0.15, 0.2) is 42.5 Å². The van der Waals surface area contributed by atoms with Crippen molar-refractivity contribution in [2.24, 2.45) is 0 Å². The number of carbonyl (C=O) groups excluding carboxylic acids is 1. The van der Waals surface area contributed by atoms with Gasteiger partial charge >= 0.3 is 5.97 Å². The predicted molar refractivity (Wildman–Crippen MR) is 102 cm³/mol. The molecular formula is C21H23NO6. The second-order valence-corrected chi connectivity index (χ2v) is 6.55. The Bertz CT molecular complexity index is 862. The van der Waals surface area contributed by atoms with Crippen molar-refractivity contribution in [3.8, 4) is 17.2 Å². The first-order valence-electron chi connectivity index (χ1n) is 8.98.